The lowest BCUT2D eigenvalue weighted by molar-refractivity contribution is -0.147. The van der Waals surface area contributed by atoms with Gasteiger partial charge in [0.25, 0.3) is 0 Å². The van der Waals surface area contributed by atoms with Crippen molar-refractivity contribution >= 4 is 28.6 Å². The van der Waals surface area contributed by atoms with Gasteiger partial charge in [0.2, 0.25) is 5.91 Å². The van der Waals surface area contributed by atoms with Crippen molar-refractivity contribution in [2.24, 2.45) is 23.2 Å². The maximum atomic E-state index is 14.0. The first-order valence-electron chi connectivity index (χ1n) is 16.8. The highest BCUT2D eigenvalue weighted by molar-refractivity contribution is 5.94. The molecule has 1 aliphatic heterocycles. The van der Waals surface area contributed by atoms with E-state index in [1.807, 2.05) is 55.5 Å². The van der Waals surface area contributed by atoms with E-state index in [4.69, 9.17) is 19.4 Å². The number of Topliss-reactive ketones (excluding diaryl/α,β-unsaturated/α-hetero) is 1. The number of amides is 1. The standard InChI is InChI=1S/C38H45N3O6/c1-22(2)29-12-10-13-30(39-29)31-19-34(26-14-15-33(46-5)23(3)35(26)40-31)47-25-17-27-28(18-25)36(43)41(4)16-9-7-6-8-11-24-20-38(24,37(44)45)21-32(27)42/h8,10-15,19,22,24-25,27-28H,6-7,9,16-18,20-21H2,1-5H3,(H,44,45)/b11-8-/t24-,25-,27-,28-,38-/m1/s1. The van der Waals surface area contributed by atoms with Gasteiger partial charge in [0, 0.05) is 48.6 Å². The van der Waals surface area contributed by atoms with Crippen LogP contribution in [-0.2, 0) is 14.4 Å². The first-order valence-corrected chi connectivity index (χ1v) is 16.8. The predicted octanol–water partition coefficient (Wildman–Crippen LogP) is 6.76. The summed E-state index contributed by atoms with van der Waals surface area (Å²) in [5.41, 5.74) is 2.86. The topological polar surface area (TPSA) is 119 Å². The first kappa shape index (κ1) is 32.7. The molecule has 2 aromatic heterocycles. The molecule has 2 aliphatic carbocycles. The van der Waals surface area contributed by atoms with Crippen molar-refractivity contribution in [3.63, 3.8) is 0 Å². The average Bonchev–Trinajstić information content (AvgIpc) is 3.59. The number of rotatable bonds is 6. The number of hydrogen-bond donors (Lipinski definition) is 1. The molecule has 248 valence electrons. The third kappa shape index (κ3) is 6.36. The second-order valence-corrected chi connectivity index (χ2v) is 13.9. The molecule has 1 amide bonds. The van der Waals surface area contributed by atoms with Crippen LogP contribution >= 0.6 is 0 Å². The number of aliphatic carboxylic acids is 1. The number of methoxy groups -OCH3 is 1. The van der Waals surface area contributed by atoms with Crippen LogP contribution < -0.4 is 9.47 Å². The maximum absolute atomic E-state index is 14.0. The highest BCUT2D eigenvalue weighted by Crippen LogP contribution is 2.57. The van der Waals surface area contributed by atoms with Crippen LogP contribution in [0.1, 0.15) is 76.0 Å². The third-order valence-corrected chi connectivity index (χ3v) is 10.4. The minimum Gasteiger partial charge on any atom is -0.496 e. The Balaban J connectivity index is 1.36. The van der Waals surface area contributed by atoms with E-state index in [1.165, 1.54) is 0 Å². The fourth-order valence-electron chi connectivity index (χ4n) is 7.46. The van der Waals surface area contributed by atoms with Crippen molar-refractivity contribution in [3.8, 4) is 22.9 Å². The summed E-state index contributed by atoms with van der Waals surface area (Å²) in [5.74, 6) is -0.947. The van der Waals surface area contributed by atoms with E-state index in [0.717, 1.165) is 47.1 Å². The van der Waals surface area contributed by atoms with E-state index >= 15 is 0 Å². The first-order chi connectivity index (χ1) is 22.5. The number of carbonyl (C=O) groups excluding carboxylic acids is 2. The number of allylic oxidation sites excluding steroid dienone is 2. The zero-order valence-corrected chi connectivity index (χ0v) is 28.0. The molecule has 2 fully saturated rings. The lowest BCUT2D eigenvalue weighted by atomic mass is 9.84. The number of nitrogens with zero attached hydrogens (tertiary/aromatic N) is 3. The maximum Gasteiger partial charge on any atom is 0.310 e. The molecule has 0 saturated heterocycles. The molecular weight excluding hydrogens is 594 g/mol. The highest BCUT2D eigenvalue weighted by atomic mass is 16.5. The van der Waals surface area contributed by atoms with Gasteiger partial charge in [-0.3, -0.25) is 19.4 Å². The zero-order valence-electron chi connectivity index (χ0n) is 28.0. The number of pyridine rings is 2. The number of fused-ring (bicyclic) bond motifs is 3. The largest absolute Gasteiger partial charge is 0.496 e. The predicted molar refractivity (Wildman–Crippen MR) is 179 cm³/mol. The van der Waals surface area contributed by atoms with Crippen molar-refractivity contribution in [1.29, 1.82) is 0 Å². The second-order valence-electron chi connectivity index (χ2n) is 13.9. The lowest BCUT2D eigenvalue weighted by Gasteiger charge is -2.25. The van der Waals surface area contributed by atoms with Gasteiger partial charge in [-0.25, -0.2) is 4.98 Å². The average molecular weight is 640 g/mol. The molecule has 9 nitrogen and oxygen atoms in total. The van der Waals surface area contributed by atoms with Crippen molar-refractivity contribution < 1.29 is 29.0 Å². The lowest BCUT2D eigenvalue weighted by Crippen LogP contribution is -2.38. The van der Waals surface area contributed by atoms with Crippen LogP contribution in [0.5, 0.6) is 11.5 Å². The molecule has 3 aromatic rings. The van der Waals surface area contributed by atoms with E-state index in [9.17, 15) is 19.5 Å². The second kappa shape index (κ2) is 13.1. The van der Waals surface area contributed by atoms with Gasteiger partial charge < -0.3 is 19.5 Å². The van der Waals surface area contributed by atoms with Crippen LogP contribution in [0.25, 0.3) is 22.3 Å². The molecule has 5 atom stereocenters. The number of carboxylic acid groups (broad SMARTS) is 1. The number of carboxylic acids is 1. The summed E-state index contributed by atoms with van der Waals surface area (Å²) in [4.78, 5) is 51.9. The van der Waals surface area contributed by atoms with Crippen molar-refractivity contribution in [1.82, 2.24) is 14.9 Å². The fourth-order valence-corrected chi connectivity index (χ4v) is 7.46. The molecule has 1 aromatic carbocycles. The number of carbonyl (C=O) groups is 3. The van der Waals surface area contributed by atoms with Gasteiger partial charge in [0.05, 0.1) is 35.3 Å². The van der Waals surface area contributed by atoms with Gasteiger partial charge in [-0.1, -0.05) is 32.1 Å². The Labute approximate surface area is 276 Å². The third-order valence-electron chi connectivity index (χ3n) is 10.4. The molecule has 9 heteroatoms. The van der Waals surface area contributed by atoms with Crippen LogP contribution in [0, 0.1) is 30.1 Å². The Morgan fingerprint density at radius 2 is 1.83 bits per heavy atom. The van der Waals surface area contributed by atoms with E-state index < -0.39 is 29.3 Å². The summed E-state index contributed by atoms with van der Waals surface area (Å²) in [6, 6.07) is 11.6. The number of ether oxygens (including phenoxy) is 2. The summed E-state index contributed by atoms with van der Waals surface area (Å²) >= 11 is 0. The molecule has 1 N–H and O–H groups in total. The van der Waals surface area contributed by atoms with E-state index in [2.05, 4.69) is 13.8 Å². The van der Waals surface area contributed by atoms with E-state index in [0.29, 0.717) is 43.0 Å². The van der Waals surface area contributed by atoms with Crippen LogP contribution in [-0.4, -0.2) is 64.4 Å². The molecular formula is C38H45N3O6. The summed E-state index contributed by atoms with van der Waals surface area (Å²) in [7, 11) is 3.43. The van der Waals surface area contributed by atoms with Crippen molar-refractivity contribution in [2.45, 2.75) is 77.7 Å². The zero-order chi connectivity index (χ0) is 33.5. The summed E-state index contributed by atoms with van der Waals surface area (Å²) in [6.07, 6.45) is 7.28. The molecule has 3 heterocycles. The Kier molecular flexibility index (Phi) is 9.09. The van der Waals surface area contributed by atoms with E-state index in [1.54, 1.807) is 19.1 Å². The molecule has 0 radical (unpaired) electrons. The van der Waals surface area contributed by atoms with Gasteiger partial charge in [-0.15, -0.1) is 0 Å². The van der Waals surface area contributed by atoms with Gasteiger partial charge >= 0.3 is 5.97 Å². The monoisotopic (exact) mass is 639 g/mol. The Morgan fingerprint density at radius 3 is 2.57 bits per heavy atom. The molecule has 6 rings (SSSR count). The molecule has 3 aliphatic rings. The number of benzene rings is 1. The molecule has 47 heavy (non-hydrogen) atoms. The van der Waals surface area contributed by atoms with Gasteiger partial charge in [0.15, 0.2) is 0 Å². The van der Waals surface area contributed by atoms with Crippen LogP contribution in [0.2, 0.25) is 0 Å². The highest BCUT2D eigenvalue weighted by Gasteiger charge is 2.61. The summed E-state index contributed by atoms with van der Waals surface area (Å²) in [5, 5.41) is 11.0. The van der Waals surface area contributed by atoms with Gasteiger partial charge in [-0.05, 0) is 81.5 Å². The van der Waals surface area contributed by atoms with Gasteiger partial charge in [-0.2, -0.15) is 0 Å². The van der Waals surface area contributed by atoms with Crippen LogP contribution in [0.4, 0.5) is 0 Å². The van der Waals surface area contributed by atoms with Crippen LogP contribution in [0.15, 0.2) is 48.6 Å². The minimum atomic E-state index is -1.08. The molecule has 2 saturated carbocycles. The Hall–Kier alpha value is -4.27. The Bertz CT molecular complexity index is 1730. The fraction of sp³-hybridized carbons (Fsp3) is 0.500. The number of ketones is 1. The summed E-state index contributed by atoms with van der Waals surface area (Å²) in [6.45, 7) is 6.77. The molecule has 0 bridgehead atoms. The molecule has 0 spiro atoms. The molecule has 0 unspecified atom stereocenters. The van der Waals surface area contributed by atoms with E-state index in [-0.39, 0.29) is 29.9 Å². The summed E-state index contributed by atoms with van der Waals surface area (Å²) < 4.78 is 12.4. The minimum absolute atomic E-state index is 0.0680. The van der Waals surface area contributed by atoms with Crippen LogP contribution in [0.3, 0.4) is 0 Å². The number of hydrogen-bond acceptors (Lipinski definition) is 7. The number of aryl methyl sites for hydroxylation is 1. The van der Waals surface area contributed by atoms with Crippen molar-refractivity contribution in [2.75, 3.05) is 20.7 Å². The normalized spacial score (nSPS) is 27.2. The Morgan fingerprint density at radius 1 is 1.04 bits per heavy atom. The SMILES string of the molecule is COc1ccc2c(O[C@@H]3C[C@H]4C(=O)C[C@]5(C(=O)O)C[C@H]5/C=C\CCCCN(C)C(=O)[C@@H]4C3)cc(-c3cccc(C(C)C)n3)nc2c1C. The quantitative estimate of drug-likeness (QED) is 0.294. The van der Waals surface area contributed by atoms with Crippen molar-refractivity contribution in [3.05, 3.63) is 59.8 Å². The smallest absolute Gasteiger partial charge is 0.310 e. The number of aromatic nitrogens is 2. The van der Waals surface area contributed by atoms with Gasteiger partial charge in [0.1, 0.15) is 23.4 Å².